The highest BCUT2D eigenvalue weighted by Gasteiger charge is 2.20. The minimum absolute atomic E-state index is 0.0869. The first-order valence-electron chi connectivity index (χ1n) is 5.41. The number of rotatable bonds is 6. The van der Waals surface area contributed by atoms with Crippen LogP contribution in [0.15, 0.2) is 23.1 Å². The number of carbonyl (C=O) groups excluding carboxylic acids is 1. The summed E-state index contributed by atoms with van der Waals surface area (Å²) in [6.07, 6.45) is 2.49. The number of benzene rings is 1. The van der Waals surface area contributed by atoms with E-state index in [2.05, 4.69) is 5.32 Å². The molecule has 0 saturated carbocycles. The van der Waals surface area contributed by atoms with Gasteiger partial charge in [0.25, 0.3) is 11.6 Å². The van der Waals surface area contributed by atoms with Crippen molar-refractivity contribution in [1.29, 1.82) is 0 Å². The van der Waals surface area contributed by atoms with E-state index in [1.807, 2.05) is 6.26 Å². The molecule has 1 aromatic carbocycles. The zero-order valence-electron chi connectivity index (χ0n) is 10.0. The molecule has 1 rings (SSSR count). The predicted octanol–water partition coefficient (Wildman–Crippen LogP) is 1.40. The van der Waals surface area contributed by atoms with Crippen molar-refractivity contribution in [3.05, 3.63) is 33.9 Å². The van der Waals surface area contributed by atoms with Crippen molar-refractivity contribution in [2.45, 2.75) is 11.3 Å². The number of hydrogen-bond donors (Lipinski definition) is 2. The molecule has 1 aromatic rings. The summed E-state index contributed by atoms with van der Waals surface area (Å²) in [5.74, 6) is -0.439. The molecule has 0 aliphatic heterocycles. The van der Waals surface area contributed by atoms with Gasteiger partial charge in [0.15, 0.2) is 0 Å². The third kappa shape index (κ3) is 3.71. The average molecular weight is 269 g/mol. The van der Waals surface area contributed by atoms with Gasteiger partial charge in [-0.2, -0.15) is 0 Å². The summed E-state index contributed by atoms with van der Waals surface area (Å²) >= 11 is 1.43. The van der Waals surface area contributed by atoms with Gasteiger partial charge in [-0.15, -0.1) is 11.8 Å². The molecule has 0 aliphatic rings. The number of nitrogens with zero attached hydrogens (tertiary/aromatic N) is 1. The second-order valence-electron chi connectivity index (χ2n) is 3.54. The average Bonchev–Trinajstić information content (AvgIpc) is 2.38. The zero-order valence-corrected chi connectivity index (χ0v) is 10.8. The summed E-state index contributed by atoms with van der Waals surface area (Å²) in [6, 6.07) is 4.50. The van der Waals surface area contributed by atoms with Gasteiger partial charge in [-0.3, -0.25) is 14.9 Å². The highest BCUT2D eigenvalue weighted by molar-refractivity contribution is 7.98. The summed E-state index contributed by atoms with van der Waals surface area (Å²) in [6.45, 7) is 0.878. The van der Waals surface area contributed by atoms with E-state index in [1.54, 1.807) is 6.07 Å². The molecule has 0 atom stereocenters. The fourth-order valence-electron chi connectivity index (χ4n) is 1.38. The normalized spacial score (nSPS) is 10.1. The van der Waals surface area contributed by atoms with Crippen molar-refractivity contribution in [2.75, 3.05) is 19.3 Å². The Morgan fingerprint density at radius 3 is 2.83 bits per heavy atom. The third-order valence-corrected chi connectivity index (χ3v) is 3.04. The van der Waals surface area contributed by atoms with Gasteiger partial charge in [0.05, 0.1) is 4.92 Å². The Kier molecular flexibility index (Phi) is 5.60. The lowest BCUT2D eigenvalue weighted by molar-refractivity contribution is -0.385. The Bertz CT molecular complexity index is 451. The fraction of sp³-hybridized carbons (Fsp3) is 0.364. The van der Waals surface area contributed by atoms with Gasteiger partial charge in [-0.1, -0.05) is 0 Å². The van der Waals surface area contributed by atoms with Gasteiger partial charge in [0.2, 0.25) is 0 Å². The van der Waals surface area contributed by atoms with Crippen LogP contribution in [0.2, 0.25) is 0 Å². The van der Waals surface area contributed by atoms with E-state index >= 15 is 0 Å². The third-order valence-electron chi connectivity index (χ3n) is 2.31. The Labute approximate surface area is 109 Å². The van der Waals surface area contributed by atoms with E-state index in [1.165, 1.54) is 23.9 Å². The smallest absolute Gasteiger partial charge is 0.282 e. The number of amides is 1. The van der Waals surface area contributed by atoms with Crippen molar-refractivity contribution >= 4 is 23.4 Å². The topological polar surface area (TPSA) is 98.3 Å². The van der Waals surface area contributed by atoms with Crippen LogP contribution in [0, 0.1) is 10.1 Å². The summed E-state index contributed by atoms with van der Waals surface area (Å²) in [7, 11) is 0. The van der Waals surface area contributed by atoms with Gasteiger partial charge in [0.1, 0.15) is 5.56 Å². The molecule has 0 heterocycles. The van der Waals surface area contributed by atoms with Gasteiger partial charge in [-0.25, -0.2) is 0 Å². The van der Waals surface area contributed by atoms with Crippen molar-refractivity contribution in [2.24, 2.45) is 5.73 Å². The maximum atomic E-state index is 11.8. The summed E-state index contributed by atoms with van der Waals surface area (Å²) in [5, 5.41) is 13.5. The van der Waals surface area contributed by atoms with E-state index < -0.39 is 10.8 Å². The minimum atomic E-state index is -0.554. The number of nitrogens with two attached hydrogens (primary N) is 1. The molecular weight excluding hydrogens is 254 g/mol. The van der Waals surface area contributed by atoms with Gasteiger partial charge in [-0.05, 0) is 31.4 Å². The molecule has 18 heavy (non-hydrogen) atoms. The standard InChI is InChI=1S/C11H15N3O3S/c1-18-8-3-4-10(14(16)17)9(7-8)11(15)13-6-2-5-12/h3-4,7H,2,5-6,12H2,1H3,(H,13,15). The van der Waals surface area contributed by atoms with Crippen molar-refractivity contribution in [3.63, 3.8) is 0 Å². The second kappa shape index (κ2) is 6.97. The van der Waals surface area contributed by atoms with Crippen LogP contribution in [0.25, 0.3) is 0 Å². The molecule has 1 amide bonds. The van der Waals surface area contributed by atoms with Crippen LogP contribution in [-0.4, -0.2) is 30.2 Å². The largest absolute Gasteiger partial charge is 0.352 e. The first kappa shape index (κ1) is 14.5. The molecule has 0 saturated heterocycles. The van der Waals surface area contributed by atoms with Gasteiger partial charge >= 0.3 is 0 Å². The number of hydrogen-bond acceptors (Lipinski definition) is 5. The van der Waals surface area contributed by atoms with Crippen LogP contribution in [0.4, 0.5) is 5.69 Å². The molecule has 7 heteroatoms. The van der Waals surface area contributed by atoms with E-state index in [-0.39, 0.29) is 11.3 Å². The zero-order chi connectivity index (χ0) is 13.5. The molecule has 0 radical (unpaired) electrons. The fourth-order valence-corrected chi connectivity index (χ4v) is 1.82. The molecule has 0 fully saturated rings. The number of thioether (sulfide) groups is 1. The summed E-state index contributed by atoms with van der Waals surface area (Å²) < 4.78 is 0. The molecule has 0 spiro atoms. The van der Waals surface area contributed by atoms with E-state index in [0.29, 0.717) is 19.5 Å². The lowest BCUT2D eigenvalue weighted by Crippen LogP contribution is -2.26. The van der Waals surface area contributed by atoms with Crippen molar-refractivity contribution < 1.29 is 9.72 Å². The van der Waals surface area contributed by atoms with Crippen LogP contribution in [0.3, 0.4) is 0 Å². The lowest BCUT2D eigenvalue weighted by Gasteiger charge is -2.06. The van der Waals surface area contributed by atoms with Crippen LogP contribution in [0.1, 0.15) is 16.8 Å². The van der Waals surface area contributed by atoms with E-state index in [0.717, 1.165) is 4.90 Å². The van der Waals surface area contributed by atoms with E-state index in [9.17, 15) is 14.9 Å². The molecule has 0 aliphatic carbocycles. The first-order valence-corrected chi connectivity index (χ1v) is 6.63. The minimum Gasteiger partial charge on any atom is -0.352 e. The van der Waals surface area contributed by atoms with Gasteiger partial charge in [0, 0.05) is 17.5 Å². The number of nitro benzene ring substituents is 1. The number of nitro groups is 1. The Morgan fingerprint density at radius 1 is 1.56 bits per heavy atom. The molecule has 6 nitrogen and oxygen atoms in total. The van der Waals surface area contributed by atoms with Crippen LogP contribution >= 0.6 is 11.8 Å². The SMILES string of the molecule is CSc1ccc([N+](=O)[O-])c(C(=O)NCCCN)c1. The van der Waals surface area contributed by atoms with E-state index in [4.69, 9.17) is 5.73 Å². The first-order chi connectivity index (χ1) is 8.60. The Morgan fingerprint density at radius 2 is 2.28 bits per heavy atom. The number of nitrogens with one attached hydrogen (secondary N) is 1. The van der Waals surface area contributed by atoms with Crippen molar-refractivity contribution in [1.82, 2.24) is 5.32 Å². The summed E-state index contributed by atoms with van der Waals surface area (Å²) in [4.78, 5) is 23.0. The Hall–Kier alpha value is -1.60. The van der Waals surface area contributed by atoms with Crippen LogP contribution in [-0.2, 0) is 0 Å². The monoisotopic (exact) mass is 269 g/mol. The maximum absolute atomic E-state index is 11.8. The highest BCUT2D eigenvalue weighted by Crippen LogP contribution is 2.24. The highest BCUT2D eigenvalue weighted by atomic mass is 32.2. The second-order valence-corrected chi connectivity index (χ2v) is 4.42. The lowest BCUT2D eigenvalue weighted by atomic mass is 10.1. The van der Waals surface area contributed by atoms with Crippen molar-refractivity contribution in [3.8, 4) is 0 Å². The quantitative estimate of drug-likeness (QED) is 0.352. The van der Waals surface area contributed by atoms with Crippen LogP contribution < -0.4 is 11.1 Å². The molecule has 0 unspecified atom stereocenters. The molecule has 0 bridgehead atoms. The predicted molar refractivity (Wildman–Crippen MR) is 70.9 cm³/mol. The maximum Gasteiger partial charge on any atom is 0.282 e. The molecular formula is C11H15N3O3S. The number of carbonyl (C=O) groups is 1. The van der Waals surface area contributed by atoms with Gasteiger partial charge < -0.3 is 11.1 Å². The van der Waals surface area contributed by atoms with Crippen LogP contribution in [0.5, 0.6) is 0 Å². The molecule has 0 aromatic heterocycles. The summed E-state index contributed by atoms with van der Waals surface area (Å²) in [5.41, 5.74) is 5.22. The molecule has 98 valence electrons. The molecule has 3 N–H and O–H groups in total. The Balaban J connectivity index is 2.96.